The summed E-state index contributed by atoms with van der Waals surface area (Å²) in [5, 5.41) is 0. The monoisotopic (exact) mass is 314 g/mol. The van der Waals surface area contributed by atoms with Gasteiger partial charge in [0, 0.05) is 31.9 Å². The van der Waals surface area contributed by atoms with E-state index in [0.717, 1.165) is 23.4 Å². The van der Waals surface area contributed by atoms with Crippen molar-refractivity contribution in [2.24, 2.45) is 0 Å². The van der Waals surface area contributed by atoms with Crippen molar-refractivity contribution in [3.05, 3.63) is 59.9 Å². The molecule has 2 aromatic rings. The number of nitrogens with zero attached hydrogens (tertiary/aromatic N) is 2. The highest BCUT2D eigenvalue weighted by atomic mass is 19.1. The first-order valence-corrected chi connectivity index (χ1v) is 7.83. The van der Waals surface area contributed by atoms with Gasteiger partial charge in [-0.1, -0.05) is 19.1 Å². The van der Waals surface area contributed by atoms with Gasteiger partial charge in [-0.3, -0.25) is 4.79 Å². The standard InChI is InChI=1S/C19H23FN2O/c1-4-5-19(23)22(18-12-8-16(20)9-13-18)14-15-6-10-17(11-7-15)21(2)3/h6-13H,4-5,14H2,1-3H3. The summed E-state index contributed by atoms with van der Waals surface area (Å²) >= 11 is 0. The van der Waals surface area contributed by atoms with E-state index in [9.17, 15) is 9.18 Å². The van der Waals surface area contributed by atoms with Gasteiger partial charge in [-0.2, -0.15) is 0 Å². The Labute approximate surface area is 137 Å². The fraction of sp³-hybridized carbons (Fsp3) is 0.316. The Morgan fingerprint density at radius 2 is 1.52 bits per heavy atom. The molecule has 0 bridgehead atoms. The molecule has 3 nitrogen and oxygen atoms in total. The summed E-state index contributed by atoms with van der Waals surface area (Å²) in [6, 6.07) is 14.2. The summed E-state index contributed by atoms with van der Waals surface area (Å²) in [4.78, 5) is 16.2. The van der Waals surface area contributed by atoms with Crippen molar-refractivity contribution in [1.29, 1.82) is 0 Å². The number of amides is 1. The van der Waals surface area contributed by atoms with Gasteiger partial charge in [-0.05, 0) is 48.4 Å². The molecule has 23 heavy (non-hydrogen) atoms. The fourth-order valence-electron chi connectivity index (χ4n) is 2.38. The highest BCUT2D eigenvalue weighted by molar-refractivity contribution is 5.93. The largest absolute Gasteiger partial charge is 0.378 e. The van der Waals surface area contributed by atoms with Gasteiger partial charge in [0.05, 0.1) is 6.54 Å². The van der Waals surface area contributed by atoms with Crippen LogP contribution < -0.4 is 9.80 Å². The lowest BCUT2D eigenvalue weighted by Crippen LogP contribution is -2.30. The molecule has 0 atom stereocenters. The molecular weight excluding hydrogens is 291 g/mol. The van der Waals surface area contributed by atoms with Crippen molar-refractivity contribution >= 4 is 17.3 Å². The van der Waals surface area contributed by atoms with Crippen molar-refractivity contribution in [1.82, 2.24) is 0 Å². The smallest absolute Gasteiger partial charge is 0.227 e. The van der Waals surface area contributed by atoms with Gasteiger partial charge in [0.25, 0.3) is 0 Å². The molecule has 0 aliphatic carbocycles. The lowest BCUT2D eigenvalue weighted by molar-refractivity contribution is -0.118. The van der Waals surface area contributed by atoms with Gasteiger partial charge >= 0.3 is 0 Å². The van der Waals surface area contributed by atoms with Crippen LogP contribution in [0.25, 0.3) is 0 Å². The molecule has 0 radical (unpaired) electrons. The zero-order valence-corrected chi connectivity index (χ0v) is 13.9. The van der Waals surface area contributed by atoms with Crippen LogP contribution in [-0.4, -0.2) is 20.0 Å². The Morgan fingerprint density at radius 3 is 2.04 bits per heavy atom. The molecule has 1 amide bonds. The van der Waals surface area contributed by atoms with Gasteiger partial charge in [0.1, 0.15) is 5.82 Å². The van der Waals surface area contributed by atoms with Crippen molar-refractivity contribution in [3.63, 3.8) is 0 Å². The Hall–Kier alpha value is -2.36. The van der Waals surface area contributed by atoms with Crippen LogP contribution in [-0.2, 0) is 11.3 Å². The van der Waals surface area contributed by atoms with Crippen LogP contribution in [0.2, 0.25) is 0 Å². The third kappa shape index (κ3) is 4.55. The van der Waals surface area contributed by atoms with Crippen molar-refractivity contribution in [3.8, 4) is 0 Å². The summed E-state index contributed by atoms with van der Waals surface area (Å²) in [5.74, 6) is -0.247. The van der Waals surface area contributed by atoms with Crippen LogP contribution >= 0.6 is 0 Å². The summed E-state index contributed by atoms with van der Waals surface area (Å²) in [7, 11) is 3.98. The van der Waals surface area contributed by atoms with E-state index in [1.807, 2.05) is 50.2 Å². The number of halogens is 1. The van der Waals surface area contributed by atoms with Gasteiger partial charge in [0.15, 0.2) is 0 Å². The molecule has 0 aliphatic heterocycles. The molecule has 0 unspecified atom stereocenters. The molecule has 2 rings (SSSR count). The maximum atomic E-state index is 13.1. The molecule has 0 heterocycles. The zero-order valence-electron chi connectivity index (χ0n) is 13.9. The topological polar surface area (TPSA) is 23.6 Å². The van der Waals surface area contributed by atoms with E-state index in [2.05, 4.69) is 0 Å². The van der Waals surface area contributed by atoms with Crippen LogP contribution in [0.15, 0.2) is 48.5 Å². The minimum atomic E-state index is -0.299. The van der Waals surface area contributed by atoms with Crippen LogP contribution in [0.1, 0.15) is 25.3 Å². The summed E-state index contributed by atoms with van der Waals surface area (Å²) in [6.45, 7) is 2.46. The number of anilines is 2. The Morgan fingerprint density at radius 1 is 0.957 bits per heavy atom. The first kappa shape index (κ1) is 17.0. The third-order valence-corrected chi connectivity index (χ3v) is 3.70. The Balaban J connectivity index is 2.23. The van der Waals surface area contributed by atoms with E-state index >= 15 is 0 Å². The van der Waals surface area contributed by atoms with Crippen LogP contribution in [0, 0.1) is 5.82 Å². The highest BCUT2D eigenvalue weighted by Gasteiger charge is 2.15. The maximum absolute atomic E-state index is 13.1. The maximum Gasteiger partial charge on any atom is 0.227 e. The van der Waals surface area contributed by atoms with Crippen molar-refractivity contribution in [2.75, 3.05) is 23.9 Å². The number of hydrogen-bond donors (Lipinski definition) is 0. The second kappa shape index (κ2) is 7.77. The predicted octanol–water partition coefficient (Wildman–Crippen LogP) is 4.23. The zero-order chi connectivity index (χ0) is 16.8. The molecular formula is C19H23FN2O. The number of carbonyl (C=O) groups excluding carboxylic acids is 1. The SMILES string of the molecule is CCCC(=O)N(Cc1ccc(N(C)C)cc1)c1ccc(F)cc1. The van der Waals surface area contributed by atoms with Gasteiger partial charge in [-0.25, -0.2) is 4.39 Å². The van der Waals surface area contributed by atoms with Crippen molar-refractivity contribution in [2.45, 2.75) is 26.3 Å². The van der Waals surface area contributed by atoms with E-state index in [1.165, 1.54) is 12.1 Å². The van der Waals surface area contributed by atoms with Crippen LogP contribution in [0.4, 0.5) is 15.8 Å². The first-order valence-electron chi connectivity index (χ1n) is 7.83. The van der Waals surface area contributed by atoms with E-state index in [0.29, 0.717) is 13.0 Å². The Kier molecular flexibility index (Phi) is 5.74. The third-order valence-electron chi connectivity index (χ3n) is 3.70. The minimum Gasteiger partial charge on any atom is -0.378 e. The van der Waals surface area contributed by atoms with E-state index in [1.54, 1.807) is 17.0 Å². The number of rotatable bonds is 6. The first-order chi connectivity index (χ1) is 11.0. The van der Waals surface area contributed by atoms with Gasteiger partial charge < -0.3 is 9.80 Å². The predicted molar refractivity (Wildman–Crippen MR) is 93.3 cm³/mol. The molecule has 0 aromatic heterocycles. The molecule has 2 aromatic carbocycles. The molecule has 0 aliphatic rings. The van der Waals surface area contributed by atoms with Crippen molar-refractivity contribution < 1.29 is 9.18 Å². The van der Waals surface area contributed by atoms with Crippen LogP contribution in [0.5, 0.6) is 0 Å². The number of benzene rings is 2. The number of hydrogen-bond acceptors (Lipinski definition) is 2. The van der Waals surface area contributed by atoms with E-state index in [4.69, 9.17) is 0 Å². The van der Waals surface area contributed by atoms with Gasteiger partial charge in [0.2, 0.25) is 5.91 Å². The molecule has 0 saturated heterocycles. The average Bonchev–Trinajstić information content (AvgIpc) is 2.54. The quantitative estimate of drug-likeness (QED) is 0.797. The highest BCUT2D eigenvalue weighted by Crippen LogP contribution is 2.21. The van der Waals surface area contributed by atoms with E-state index in [-0.39, 0.29) is 11.7 Å². The fourth-order valence-corrected chi connectivity index (χ4v) is 2.38. The molecule has 0 N–H and O–H groups in total. The van der Waals surface area contributed by atoms with E-state index < -0.39 is 0 Å². The Bertz CT molecular complexity index is 635. The average molecular weight is 314 g/mol. The second-order valence-electron chi connectivity index (χ2n) is 5.77. The number of carbonyl (C=O) groups is 1. The minimum absolute atomic E-state index is 0.0517. The second-order valence-corrected chi connectivity index (χ2v) is 5.77. The van der Waals surface area contributed by atoms with Gasteiger partial charge in [-0.15, -0.1) is 0 Å². The molecule has 0 saturated carbocycles. The summed E-state index contributed by atoms with van der Waals surface area (Å²) in [5.41, 5.74) is 2.88. The molecule has 0 spiro atoms. The lowest BCUT2D eigenvalue weighted by Gasteiger charge is -2.23. The molecule has 122 valence electrons. The summed E-state index contributed by atoms with van der Waals surface area (Å²) in [6.07, 6.45) is 1.27. The van der Waals surface area contributed by atoms with Crippen LogP contribution in [0.3, 0.4) is 0 Å². The summed E-state index contributed by atoms with van der Waals surface area (Å²) < 4.78 is 13.1. The lowest BCUT2D eigenvalue weighted by atomic mass is 10.1. The normalized spacial score (nSPS) is 10.4. The molecule has 0 fully saturated rings. The molecule has 4 heteroatoms.